The van der Waals surface area contributed by atoms with Crippen molar-refractivity contribution in [2.45, 2.75) is 45.0 Å². The predicted molar refractivity (Wildman–Crippen MR) is 153 cm³/mol. The number of aromatic nitrogens is 4. The van der Waals surface area contributed by atoms with Crippen LogP contribution < -0.4 is 5.56 Å². The second-order valence-electron chi connectivity index (χ2n) is 10.4. The number of ether oxygens (including phenoxy) is 1. The van der Waals surface area contributed by atoms with E-state index in [1.165, 1.54) is 16.8 Å². The van der Waals surface area contributed by atoms with E-state index in [9.17, 15) is 19.1 Å². The molecule has 1 atom stereocenters. The summed E-state index contributed by atoms with van der Waals surface area (Å²) in [6.45, 7) is 3.69. The number of carboxylic acids is 1. The summed E-state index contributed by atoms with van der Waals surface area (Å²) in [7, 11) is 0. The molecule has 1 fully saturated rings. The Morgan fingerprint density at radius 1 is 1.17 bits per heavy atom. The van der Waals surface area contributed by atoms with E-state index in [0.717, 1.165) is 54.1 Å². The second-order valence-corrected chi connectivity index (χ2v) is 10.8. The fourth-order valence-corrected chi connectivity index (χ4v) is 5.44. The molecular formula is C30H29ClFN5O4. The van der Waals surface area contributed by atoms with Gasteiger partial charge in [0.15, 0.2) is 0 Å². The Hall–Kier alpha value is -3.86. The lowest BCUT2D eigenvalue weighted by atomic mass is 10.0. The summed E-state index contributed by atoms with van der Waals surface area (Å²) in [6, 6.07) is 12.8. The maximum atomic E-state index is 14.2. The molecule has 6 rings (SSSR count). The Morgan fingerprint density at radius 3 is 2.73 bits per heavy atom. The van der Waals surface area contributed by atoms with E-state index in [2.05, 4.69) is 20.6 Å². The van der Waals surface area contributed by atoms with Gasteiger partial charge in [-0.15, -0.1) is 0 Å². The predicted octanol–water partition coefficient (Wildman–Crippen LogP) is 4.40. The quantitative estimate of drug-likeness (QED) is 0.314. The molecule has 2 aromatic heterocycles. The van der Waals surface area contributed by atoms with Crippen molar-refractivity contribution in [2.75, 3.05) is 19.7 Å². The number of nitrogens with zero attached hydrogens (tertiary/aromatic N) is 5. The summed E-state index contributed by atoms with van der Waals surface area (Å²) >= 11 is 5.85. The molecule has 4 aromatic rings. The third-order valence-corrected chi connectivity index (χ3v) is 7.95. The number of aryl methyl sites for hydroxylation is 2. The second kappa shape index (κ2) is 11.6. The molecule has 212 valence electrons. The lowest BCUT2D eigenvalue weighted by molar-refractivity contribution is -0.0591. The van der Waals surface area contributed by atoms with Crippen molar-refractivity contribution >= 4 is 34.2 Å². The first-order valence-electron chi connectivity index (χ1n) is 13.6. The Morgan fingerprint density at radius 2 is 2.02 bits per heavy atom. The number of hydrogen-bond donors (Lipinski definition) is 1. The fourth-order valence-electron chi connectivity index (χ4n) is 5.28. The van der Waals surface area contributed by atoms with Crippen molar-refractivity contribution in [1.82, 2.24) is 24.2 Å². The van der Waals surface area contributed by atoms with Gasteiger partial charge in [-0.05, 0) is 66.8 Å². The molecule has 9 nitrogen and oxygen atoms in total. The first-order valence-corrected chi connectivity index (χ1v) is 14.0. The minimum Gasteiger partial charge on any atom is -0.478 e. The first kappa shape index (κ1) is 27.3. The molecule has 0 spiro atoms. The Bertz CT molecular complexity index is 1710. The molecule has 1 N–H and O–H groups in total. The first-order chi connectivity index (χ1) is 19.8. The molecule has 41 heavy (non-hydrogen) atoms. The number of fused-ring (bicyclic) bond motifs is 1. The number of carboxylic acid groups (broad SMARTS) is 1. The van der Waals surface area contributed by atoms with E-state index >= 15 is 0 Å². The zero-order chi connectivity index (χ0) is 28.5. The van der Waals surface area contributed by atoms with Crippen LogP contribution in [-0.4, -0.2) is 61.1 Å². The van der Waals surface area contributed by atoms with E-state index < -0.39 is 11.8 Å². The van der Waals surface area contributed by atoms with Crippen molar-refractivity contribution in [3.63, 3.8) is 0 Å². The van der Waals surface area contributed by atoms with Gasteiger partial charge in [0.05, 0.1) is 41.5 Å². The van der Waals surface area contributed by atoms with Crippen molar-refractivity contribution in [1.29, 1.82) is 0 Å². The summed E-state index contributed by atoms with van der Waals surface area (Å²) < 4.78 is 23.3. The van der Waals surface area contributed by atoms with E-state index in [1.54, 1.807) is 36.4 Å². The van der Waals surface area contributed by atoms with E-state index in [4.69, 9.17) is 21.3 Å². The standard InChI is InChI=1S/C30H29ClFN5O4/c31-22-3-1-19(24(32)16-22)9-13-37-29(38)6-5-25(34-37)20-7-11-35(12-8-20)18-28-33-26-4-2-21(30(39)40)15-27(26)36(28)17-23-10-14-41-23/h1-7,15-16,23H,8-14,17-18H2,(H,39,40)/t23-/m0/s1. The maximum absolute atomic E-state index is 14.2. The minimum absolute atomic E-state index is 0.102. The molecule has 11 heteroatoms. The van der Waals surface area contributed by atoms with Crippen LogP contribution in [0.5, 0.6) is 0 Å². The lowest BCUT2D eigenvalue weighted by Gasteiger charge is -2.29. The van der Waals surface area contributed by atoms with Crippen LogP contribution >= 0.6 is 11.6 Å². The Labute approximate surface area is 240 Å². The van der Waals surface area contributed by atoms with Crippen LogP contribution in [-0.2, 0) is 30.8 Å². The highest BCUT2D eigenvalue weighted by Gasteiger charge is 2.24. The van der Waals surface area contributed by atoms with Gasteiger partial charge in [0.2, 0.25) is 0 Å². The zero-order valence-corrected chi connectivity index (χ0v) is 23.1. The van der Waals surface area contributed by atoms with Gasteiger partial charge >= 0.3 is 5.97 Å². The molecule has 0 saturated carbocycles. The molecule has 2 aromatic carbocycles. The smallest absolute Gasteiger partial charge is 0.335 e. The van der Waals surface area contributed by atoms with Crippen molar-refractivity contribution in [2.24, 2.45) is 0 Å². The molecule has 0 aliphatic carbocycles. The van der Waals surface area contributed by atoms with Crippen LogP contribution in [0, 0.1) is 5.82 Å². The molecule has 4 heterocycles. The average Bonchev–Trinajstić information content (AvgIpc) is 3.27. The third-order valence-electron chi connectivity index (χ3n) is 7.72. The van der Waals surface area contributed by atoms with Gasteiger partial charge in [-0.1, -0.05) is 23.7 Å². The monoisotopic (exact) mass is 577 g/mol. The number of benzene rings is 2. The summed E-state index contributed by atoms with van der Waals surface area (Å²) in [4.78, 5) is 31.1. The fraction of sp³-hybridized carbons (Fsp3) is 0.333. The lowest BCUT2D eigenvalue weighted by Crippen LogP contribution is -2.34. The normalized spacial score (nSPS) is 17.4. The number of aromatic carboxylic acids is 1. The summed E-state index contributed by atoms with van der Waals surface area (Å²) in [6.07, 6.45) is 4.26. The highest BCUT2D eigenvalue weighted by molar-refractivity contribution is 6.30. The third kappa shape index (κ3) is 5.95. The topological polar surface area (TPSA) is 102 Å². The Kier molecular flexibility index (Phi) is 7.70. The summed E-state index contributed by atoms with van der Waals surface area (Å²) in [5.74, 6) is -0.490. The highest BCUT2D eigenvalue weighted by atomic mass is 35.5. The number of imidazole rings is 1. The van der Waals surface area contributed by atoms with E-state index in [0.29, 0.717) is 36.6 Å². The van der Waals surface area contributed by atoms with Crippen molar-refractivity contribution in [3.05, 3.63) is 98.4 Å². The van der Waals surface area contributed by atoms with E-state index in [-0.39, 0.29) is 23.8 Å². The molecular weight excluding hydrogens is 549 g/mol. The zero-order valence-electron chi connectivity index (χ0n) is 22.3. The van der Waals surface area contributed by atoms with Crippen LogP contribution in [0.4, 0.5) is 4.39 Å². The van der Waals surface area contributed by atoms with Gasteiger partial charge in [-0.2, -0.15) is 5.10 Å². The van der Waals surface area contributed by atoms with Gasteiger partial charge in [0, 0.05) is 37.3 Å². The molecule has 0 amide bonds. The van der Waals surface area contributed by atoms with Crippen LogP contribution in [0.2, 0.25) is 5.02 Å². The number of carbonyl (C=O) groups is 1. The van der Waals surface area contributed by atoms with Crippen molar-refractivity contribution in [3.8, 4) is 0 Å². The number of halogens is 2. The van der Waals surface area contributed by atoms with Gasteiger partial charge in [0.25, 0.3) is 5.56 Å². The van der Waals surface area contributed by atoms with Crippen molar-refractivity contribution < 1.29 is 19.0 Å². The SMILES string of the molecule is O=C(O)c1ccc2nc(CN3CC=C(c4ccc(=O)n(CCc5ccc(Cl)cc5F)n4)CC3)n(C[C@@H]3CCO3)c2c1. The maximum Gasteiger partial charge on any atom is 0.335 e. The number of hydrogen-bond acceptors (Lipinski definition) is 6. The van der Waals surface area contributed by atoms with Crippen LogP contribution in [0.25, 0.3) is 16.6 Å². The molecule has 0 unspecified atom stereocenters. The summed E-state index contributed by atoms with van der Waals surface area (Å²) in [5.41, 5.74) is 3.83. The summed E-state index contributed by atoms with van der Waals surface area (Å²) in [5, 5.41) is 14.4. The molecule has 2 aliphatic heterocycles. The molecule has 0 radical (unpaired) electrons. The molecule has 2 aliphatic rings. The van der Waals surface area contributed by atoms with Gasteiger partial charge < -0.3 is 14.4 Å². The minimum atomic E-state index is -0.966. The Balaban J connectivity index is 1.17. The van der Waals surface area contributed by atoms with Crippen LogP contribution in [0.3, 0.4) is 0 Å². The van der Waals surface area contributed by atoms with Gasteiger partial charge in [0.1, 0.15) is 11.6 Å². The van der Waals surface area contributed by atoms with Crippen LogP contribution in [0.1, 0.15) is 40.3 Å². The highest BCUT2D eigenvalue weighted by Crippen LogP contribution is 2.25. The van der Waals surface area contributed by atoms with Gasteiger partial charge in [-0.3, -0.25) is 9.69 Å². The van der Waals surface area contributed by atoms with Crippen LogP contribution in [0.15, 0.2) is 59.4 Å². The average molecular weight is 578 g/mol. The van der Waals surface area contributed by atoms with Gasteiger partial charge in [-0.25, -0.2) is 18.9 Å². The molecule has 0 bridgehead atoms. The largest absolute Gasteiger partial charge is 0.478 e. The molecule has 1 saturated heterocycles. The van der Waals surface area contributed by atoms with E-state index in [1.807, 2.05) is 0 Å². The number of rotatable bonds is 9.